The zero-order valence-electron chi connectivity index (χ0n) is 19.7. The fourth-order valence-corrected chi connectivity index (χ4v) is 5.48. The molecule has 0 atom stereocenters. The molecule has 34 heavy (non-hydrogen) atoms. The molecule has 0 aliphatic rings. The van der Waals surface area contributed by atoms with Crippen molar-refractivity contribution in [2.24, 2.45) is 7.05 Å². The second kappa shape index (κ2) is 6.71. The lowest BCUT2D eigenvalue weighted by Gasteiger charge is -2.11. The van der Waals surface area contributed by atoms with Crippen LogP contribution in [0.1, 0.15) is 16.7 Å². The highest BCUT2D eigenvalue weighted by molar-refractivity contribution is 6.18. The van der Waals surface area contributed by atoms with Crippen molar-refractivity contribution < 1.29 is 13.4 Å². The van der Waals surface area contributed by atoms with Crippen LogP contribution < -0.4 is 4.57 Å². The molecule has 3 aromatic heterocycles. The van der Waals surface area contributed by atoms with Gasteiger partial charge in [-0.1, -0.05) is 29.8 Å². The second-order valence-corrected chi connectivity index (χ2v) is 9.45. The van der Waals surface area contributed by atoms with Crippen molar-refractivity contribution >= 4 is 54.6 Å². The van der Waals surface area contributed by atoms with Crippen LogP contribution in [0.2, 0.25) is 0 Å². The number of fused-ring (bicyclic) bond motifs is 8. The number of rotatable bonds is 1. The van der Waals surface area contributed by atoms with Gasteiger partial charge in [0.2, 0.25) is 5.69 Å². The minimum Gasteiger partial charge on any atom is -0.455 e. The molecule has 0 N–H and O–H groups in total. The first-order valence-corrected chi connectivity index (χ1v) is 11.7. The Labute approximate surface area is 196 Å². The van der Waals surface area contributed by atoms with E-state index in [2.05, 4.69) is 93.2 Å². The minimum absolute atomic E-state index is 0.918. The van der Waals surface area contributed by atoms with Crippen LogP contribution in [-0.4, -0.2) is 0 Å². The van der Waals surface area contributed by atoms with E-state index in [1.807, 2.05) is 12.1 Å². The van der Waals surface area contributed by atoms with E-state index in [4.69, 9.17) is 8.83 Å². The molecule has 0 amide bonds. The Morgan fingerprint density at radius 1 is 0.618 bits per heavy atom. The number of pyridine rings is 1. The number of aromatic nitrogens is 1. The van der Waals surface area contributed by atoms with Gasteiger partial charge >= 0.3 is 0 Å². The molecule has 0 aliphatic heterocycles. The number of hydrogen-bond acceptors (Lipinski definition) is 2. The van der Waals surface area contributed by atoms with Gasteiger partial charge in [0.05, 0.1) is 10.9 Å². The highest BCUT2D eigenvalue weighted by Gasteiger charge is 2.26. The molecule has 0 saturated carbocycles. The average molecular weight is 443 g/mol. The van der Waals surface area contributed by atoms with Gasteiger partial charge in [0, 0.05) is 33.0 Å². The highest BCUT2D eigenvalue weighted by atomic mass is 16.3. The van der Waals surface area contributed by atoms with E-state index in [-0.39, 0.29) is 0 Å². The first kappa shape index (κ1) is 19.4. The largest absolute Gasteiger partial charge is 0.455 e. The molecule has 0 bridgehead atoms. The summed E-state index contributed by atoms with van der Waals surface area (Å²) in [7, 11) is 2.11. The third-order valence-electron chi connectivity index (χ3n) is 7.33. The van der Waals surface area contributed by atoms with Crippen LogP contribution in [0.15, 0.2) is 81.8 Å². The molecule has 0 radical (unpaired) electrons. The molecule has 7 aromatic rings. The molecule has 3 heteroatoms. The van der Waals surface area contributed by atoms with Crippen molar-refractivity contribution in [1.29, 1.82) is 0 Å². The average Bonchev–Trinajstić information content (AvgIpc) is 3.38. The molecule has 0 aliphatic carbocycles. The second-order valence-electron chi connectivity index (χ2n) is 9.45. The van der Waals surface area contributed by atoms with E-state index in [0.717, 1.165) is 65.9 Å². The van der Waals surface area contributed by atoms with Crippen LogP contribution in [0.3, 0.4) is 0 Å². The molecule has 0 unspecified atom stereocenters. The minimum atomic E-state index is 0.918. The Bertz CT molecular complexity index is 1950. The molecule has 3 nitrogen and oxygen atoms in total. The summed E-state index contributed by atoms with van der Waals surface area (Å²) in [6.07, 6.45) is 2.13. The molecule has 0 spiro atoms. The zero-order chi connectivity index (χ0) is 23.1. The van der Waals surface area contributed by atoms with Crippen LogP contribution in [0.25, 0.3) is 65.9 Å². The van der Waals surface area contributed by atoms with Crippen molar-refractivity contribution in [2.75, 3.05) is 0 Å². The summed E-state index contributed by atoms with van der Waals surface area (Å²) in [5.74, 6) is 0. The predicted octanol–water partition coefficient (Wildman–Crippen LogP) is 8.06. The molecule has 4 aromatic carbocycles. The van der Waals surface area contributed by atoms with Crippen molar-refractivity contribution in [3.05, 3.63) is 89.6 Å². The first-order valence-electron chi connectivity index (χ1n) is 11.7. The zero-order valence-corrected chi connectivity index (χ0v) is 19.7. The van der Waals surface area contributed by atoms with E-state index >= 15 is 0 Å². The Balaban J connectivity index is 1.65. The summed E-state index contributed by atoms with van der Waals surface area (Å²) < 4.78 is 15.1. The van der Waals surface area contributed by atoms with Crippen LogP contribution in [0.5, 0.6) is 0 Å². The number of aryl methyl sites for hydroxylation is 3. The number of benzene rings is 4. The standard InChI is InChI=1S/C31H24NO2/c1-17-9-12-27-24(15-17)22-11-10-21-23(30(22)33-27)13-14-32(4)29(21)28-19(3)18(2)16-25-20-7-5-6-8-26(20)34-31(25)28/h5-16H,1-4H3/q+1. The van der Waals surface area contributed by atoms with E-state index in [0.29, 0.717) is 0 Å². The number of hydrogen-bond donors (Lipinski definition) is 0. The smallest absolute Gasteiger partial charge is 0.224 e. The van der Waals surface area contributed by atoms with Crippen molar-refractivity contribution in [2.45, 2.75) is 20.8 Å². The van der Waals surface area contributed by atoms with Gasteiger partial charge in [-0.3, -0.25) is 0 Å². The molecular formula is C31H24NO2+. The van der Waals surface area contributed by atoms with Crippen LogP contribution in [0, 0.1) is 20.8 Å². The third kappa shape index (κ3) is 2.50. The van der Waals surface area contributed by atoms with Gasteiger partial charge in [-0.05, 0) is 68.3 Å². The van der Waals surface area contributed by atoms with Gasteiger partial charge in [-0.15, -0.1) is 0 Å². The summed E-state index contributed by atoms with van der Waals surface area (Å²) in [5.41, 5.74) is 9.72. The fraction of sp³-hybridized carbons (Fsp3) is 0.129. The Morgan fingerprint density at radius 3 is 2.24 bits per heavy atom. The van der Waals surface area contributed by atoms with E-state index in [9.17, 15) is 0 Å². The molecule has 7 rings (SSSR count). The first-order chi connectivity index (χ1) is 16.5. The summed E-state index contributed by atoms with van der Waals surface area (Å²) in [4.78, 5) is 0. The van der Waals surface area contributed by atoms with E-state index in [1.165, 1.54) is 16.7 Å². The normalized spacial score (nSPS) is 12.1. The maximum Gasteiger partial charge on any atom is 0.224 e. The maximum absolute atomic E-state index is 6.49. The summed E-state index contributed by atoms with van der Waals surface area (Å²) in [6, 6.07) is 23.5. The number of furan rings is 2. The molecule has 3 heterocycles. The highest BCUT2D eigenvalue weighted by Crippen LogP contribution is 2.42. The molecule has 0 saturated heterocycles. The third-order valence-corrected chi connectivity index (χ3v) is 7.33. The lowest BCUT2D eigenvalue weighted by atomic mass is 9.93. The Hall–Kier alpha value is -4.11. The Kier molecular flexibility index (Phi) is 3.82. The molecule has 0 fully saturated rings. The lowest BCUT2D eigenvalue weighted by Crippen LogP contribution is -2.30. The number of para-hydroxylation sites is 1. The summed E-state index contributed by atoms with van der Waals surface area (Å²) in [5, 5.41) is 6.90. The van der Waals surface area contributed by atoms with Gasteiger partial charge in [-0.2, -0.15) is 0 Å². The van der Waals surface area contributed by atoms with Gasteiger partial charge in [-0.25, -0.2) is 4.57 Å². The topological polar surface area (TPSA) is 30.2 Å². The fourth-order valence-electron chi connectivity index (χ4n) is 5.48. The van der Waals surface area contributed by atoms with Gasteiger partial charge in [0.25, 0.3) is 0 Å². The van der Waals surface area contributed by atoms with Crippen LogP contribution in [-0.2, 0) is 7.05 Å². The van der Waals surface area contributed by atoms with E-state index < -0.39 is 0 Å². The summed E-state index contributed by atoms with van der Waals surface area (Å²) in [6.45, 7) is 6.50. The van der Waals surface area contributed by atoms with Crippen LogP contribution >= 0.6 is 0 Å². The van der Waals surface area contributed by atoms with Crippen molar-refractivity contribution in [1.82, 2.24) is 0 Å². The maximum atomic E-state index is 6.49. The van der Waals surface area contributed by atoms with Crippen molar-refractivity contribution in [3.63, 3.8) is 0 Å². The van der Waals surface area contributed by atoms with E-state index in [1.54, 1.807) is 0 Å². The van der Waals surface area contributed by atoms with Gasteiger partial charge < -0.3 is 8.83 Å². The van der Waals surface area contributed by atoms with Crippen molar-refractivity contribution in [3.8, 4) is 11.3 Å². The number of nitrogens with zero attached hydrogens (tertiary/aromatic N) is 1. The SMILES string of the molecule is Cc1ccc2oc3c4cc[n+](C)c(-c5c(C)c(C)cc6c5oc5ccccc56)c4ccc3c2c1. The van der Waals surface area contributed by atoms with Gasteiger partial charge in [0.15, 0.2) is 6.20 Å². The Morgan fingerprint density at radius 2 is 1.35 bits per heavy atom. The predicted molar refractivity (Wildman–Crippen MR) is 139 cm³/mol. The van der Waals surface area contributed by atoms with Gasteiger partial charge in [0.1, 0.15) is 29.4 Å². The van der Waals surface area contributed by atoms with Crippen LogP contribution in [0.4, 0.5) is 0 Å². The quantitative estimate of drug-likeness (QED) is 0.241. The summed E-state index contributed by atoms with van der Waals surface area (Å²) >= 11 is 0. The molecular weight excluding hydrogens is 418 g/mol. The lowest BCUT2D eigenvalue weighted by molar-refractivity contribution is -0.659. The monoisotopic (exact) mass is 442 g/mol. The molecule has 164 valence electrons.